The molecule has 0 unspecified atom stereocenters. The average molecular weight is 204 g/mol. The van der Waals surface area contributed by atoms with Crippen molar-refractivity contribution in [2.45, 2.75) is 20.8 Å². The van der Waals surface area contributed by atoms with Gasteiger partial charge in [-0.25, -0.2) is 0 Å². The van der Waals surface area contributed by atoms with Crippen LogP contribution in [0, 0.1) is 0 Å². The van der Waals surface area contributed by atoms with Gasteiger partial charge in [0.2, 0.25) is 0 Å². The molecule has 0 aliphatic heterocycles. The fraction of sp³-hybridized carbons (Fsp3) is 0.286. The third-order valence-electron chi connectivity index (χ3n) is 1.84. The predicted octanol–water partition coefficient (Wildman–Crippen LogP) is 4.17. The molecule has 0 rings (SSSR count). The molecule has 0 spiro atoms. The molecule has 0 bridgehead atoms. The average Bonchev–Trinajstić information content (AvgIpc) is 2.27. The SMILES string of the molecule is C=C/C=C\C(=C/C)COC(/C=C\C)=C/C. The van der Waals surface area contributed by atoms with Gasteiger partial charge in [0.25, 0.3) is 0 Å². The first-order valence-corrected chi connectivity index (χ1v) is 5.14. The number of allylic oxidation sites excluding steroid dienone is 6. The van der Waals surface area contributed by atoms with Crippen LogP contribution in [0.3, 0.4) is 0 Å². The zero-order chi connectivity index (χ0) is 11.5. The van der Waals surface area contributed by atoms with Crippen LogP contribution in [0.5, 0.6) is 0 Å². The van der Waals surface area contributed by atoms with Gasteiger partial charge in [-0.1, -0.05) is 37.0 Å². The molecule has 82 valence electrons. The Morgan fingerprint density at radius 1 is 1.13 bits per heavy atom. The lowest BCUT2D eigenvalue weighted by Crippen LogP contribution is -1.95. The topological polar surface area (TPSA) is 9.23 Å². The minimum atomic E-state index is 0.588. The molecule has 0 atom stereocenters. The van der Waals surface area contributed by atoms with E-state index in [1.807, 2.05) is 57.2 Å². The van der Waals surface area contributed by atoms with Crippen LogP contribution >= 0.6 is 0 Å². The Labute approximate surface area is 93.1 Å². The maximum Gasteiger partial charge on any atom is 0.115 e. The van der Waals surface area contributed by atoms with Gasteiger partial charge in [0, 0.05) is 0 Å². The van der Waals surface area contributed by atoms with E-state index in [4.69, 9.17) is 4.74 Å². The second-order valence-corrected chi connectivity index (χ2v) is 2.94. The largest absolute Gasteiger partial charge is 0.489 e. The van der Waals surface area contributed by atoms with E-state index in [1.165, 1.54) is 0 Å². The van der Waals surface area contributed by atoms with Crippen molar-refractivity contribution in [1.29, 1.82) is 0 Å². The lowest BCUT2D eigenvalue weighted by Gasteiger charge is -2.06. The second kappa shape index (κ2) is 9.07. The van der Waals surface area contributed by atoms with Gasteiger partial charge in [0.1, 0.15) is 12.4 Å². The van der Waals surface area contributed by atoms with E-state index in [0.29, 0.717) is 6.61 Å². The Morgan fingerprint density at radius 2 is 1.87 bits per heavy atom. The fourth-order valence-electron chi connectivity index (χ4n) is 0.978. The highest BCUT2D eigenvalue weighted by molar-refractivity contribution is 5.22. The van der Waals surface area contributed by atoms with Crippen LogP contribution in [0.2, 0.25) is 0 Å². The molecule has 0 saturated carbocycles. The van der Waals surface area contributed by atoms with Crippen LogP contribution < -0.4 is 0 Å². The first-order chi connectivity index (χ1) is 7.28. The number of hydrogen-bond acceptors (Lipinski definition) is 1. The minimum absolute atomic E-state index is 0.588. The van der Waals surface area contributed by atoms with Gasteiger partial charge in [-0.05, 0) is 38.5 Å². The summed E-state index contributed by atoms with van der Waals surface area (Å²) in [6.07, 6.45) is 13.5. The lowest BCUT2D eigenvalue weighted by molar-refractivity contribution is 0.255. The van der Waals surface area contributed by atoms with Crippen molar-refractivity contribution in [3.05, 3.63) is 60.4 Å². The smallest absolute Gasteiger partial charge is 0.115 e. The Balaban J connectivity index is 4.23. The normalized spacial score (nSPS) is 13.8. The van der Waals surface area contributed by atoms with Crippen molar-refractivity contribution in [2.75, 3.05) is 6.61 Å². The first kappa shape index (κ1) is 13.5. The molecule has 0 radical (unpaired) electrons. The summed E-state index contributed by atoms with van der Waals surface area (Å²) >= 11 is 0. The standard InChI is InChI=1S/C14H20O/c1-5-9-11-13(7-3)12-15-14(8-4)10-6-2/h5-11H,1,12H2,2-4H3/b10-6-,11-9-,13-7+,14-8+. The lowest BCUT2D eigenvalue weighted by atomic mass is 10.2. The van der Waals surface area contributed by atoms with Crippen molar-refractivity contribution in [1.82, 2.24) is 0 Å². The van der Waals surface area contributed by atoms with Crippen LogP contribution in [0.25, 0.3) is 0 Å². The summed E-state index contributed by atoms with van der Waals surface area (Å²) < 4.78 is 5.60. The van der Waals surface area contributed by atoms with Crippen molar-refractivity contribution in [3.63, 3.8) is 0 Å². The highest BCUT2D eigenvalue weighted by atomic mass is 16.5. The molecular formula is C14H20O. The van der Waals surface area contributed by atoms with Gasteiger partial charge in [-0.3, -0.25) is 0 Å². The molecule has 1 heteroatoms. The quantitative estimate of drug-likeness (QED) is 0.466. The molecule has 0 aromatic rings. The molecule has 0 heterocycles. The molecule has 0 saturated heterocycles. The third-order valence-corrected chi connectivity index (χ3v) is 1.84. The predicted molar refractivity (Wildman–Crippen MR) is 67.6 cm³/mol. The highest BCUT2D eigenvalue weighted by Gasteiger charge is 1.93. The molecule has 0 amide bonds. The summed E-state index contributed by atoms with van der Waals surface area (Å²) in [7, 11) is 0. The molecule has 1 nitrogen and oxygen atoms in total. The van der Waals surface area contributed by atoms with Gasteiger partial charge >= 0.3 is 0 Å². The molecular weight excluding hydrogens is 184 g/mol. The van der Waals surface area contributed by atoms with Crippen molar-refractivity contribution in [3.8, 4) is 0 Å². The van der Waals surface area contributed by atoms with E-state index in [1.54, 1.807) is 6.08 Å². The molecule has 0 fully saturated rings. The number of rotatable bonds is 6. The number of ether oxygens (including phenoxy) is 1. The summed E-state index contributed by atoms with van der Waals surface area (Å²) in [4.78, 5) is 0. The van der Waals surface area contributed by atoms with Gasteiger partial charge in [0.15, 0.2) is 0 Å². The molecule has 0 aliphatic carbocycles. The summed E-state index contributed by atoms with van der Waals surface area (Å²) in [5.41, 5.74) is 1.14. The summed E-state index contributed by atoms with van der Waals surface area (Å²) in [6, 6.07) is 0. The van der Waals surface area contributed by atoms with E-state index >= 15 is 0 Å². The van der Waals surface area contributed by atoms with E-state index in [-0.39, 0.29) is 0 Å². The summed E-state index contributed by atoms with van der Waals surface area (Å²) in [5, 5.41) is 0. The van der Waals surface area contributed by atoms with Gasteiger partial charge in [-0.2, -0.15) is 0 Å². The third kappa shape index (κ3) is 6.55. The van der Waals surface area contributed by atoms with Crippen LogP contribution in [0.1, 0.15) is 20.8 Å². The molecule has 0 aromatic heterocycles. The van der Waals surface area contributed by atoms with Crippen molar-refractivity contribution in [2.24, 2.45) is 0 Å². The molecule has 0 N–H and O–H groups in total. The van der Waals surface area contributed by atoms with E-state index in [2.05, 4.69) is 6.58 Å². The molecule has 0 aliphatic rings. The Hall–Kier alpha value is -1.50. The van der Waals surface area contributed by atoms with Crippen molar-refractivity contribution >= 4 is 0 Å². The molecule has 15 heavy (non-hydrogen) atoms. The van der Waals surface area contributed by atoms with Crippen LogP contribution in [0.4, 0.5) is 0 Å². The van der Waals surface area contributed by atoms with E-state index < -0.39 is 0 Å². The Bertz CT molecular complexity index is 290. The van der Waals surface area contributed by atoms with Crippen molar-refractivity contribution < 1.29 is 4.74 Å². The Morgan fingerprint density at radius 3 is 2.33 bits per heavy atom. The van der Waals surface area contributed by atoms with Gasteiger partial charge < -0.3 is 4.74 Å². The van der Waals surface area contributed by atoms with E-state index in [9.17, 15) is 0 Å². The molecule has 0 aromatic carbocycles. The second-order valence-electron chi connectivity index (χ2n) is 2.94. The minimum Gasteiger partial charge on any atom is -0.489 e. The van der Waals surface area contributed by atoms with Gasteiger partial charge in [0.05, 0.1) is 0 Å². The van der Waals surface area contributed by atoms with Crippen LogP contribution in [-0.2, 0) is 4.74 Å². The zero-order valence-electron chi connectivity index (χ0n) is 9.86. The summed E-state index contributed by atoms with van der Waals surface area (Å²) in [6.45, 7) is 10.2. The fourth-order valence-corrected chi connectivity index (χ4v) is 0.978. The maximum absolute atomic E-state index is 5.60. The number of hydrogen-bond donors (Lipinski definition) is 0. The maximum atomic E-state index is 5.60. The zero-order valence-corrected chi connectivity index (χ0v) is 9.86. The highest BCUT2D eigenvalue weighted by Crippen LogP contribution is 2.05. The van der Waals surface area contributed by atoms with Crippen LogP contribution in [-0.4, -0.2) is 6.61 Å². The van der Waals surface area contributed by atoms with Gasteiger partial charge in [-0.15, -0.1) is 0 Å². The first-order valence-electron chi connectivity index (χ1n) is 5.14. The summed E-state index contributed by atoms with van der Waals surface area (Å²) in [5.74, 6) is 0.892. The monoisotopic (exact) mass is 204 g/mol. The van der Waals surface area contributed by atoms with E-state index in [0.717, 1.165) is 11.3 Å². The van der Waals surface area contributed by atoms with Crippen LogP contribution in [0.15, 0.2) is 60.4 Å². The Kier molecular flexibility index (Phi) is 8.16.